The Morgan fingerprint density at radius 2 is 1.75 bits per heavy atom. The first-order valence-corrected chi connectivity index (χ1v) is 9.32. The second-order valence-corrected chi connectivity index (χ2v) is 5.54. The Morgan fingerprint density at radius 3 is 2.21 bits per heavy atom. The smallest absolute Gasteiger partial charge is 0.407 e. The SMILES string of the molecule is CCN(CC)CC.O=C(NCCO[PH](=O)O)OCc1ccccc1. The lowest BCUT2D eigenvalue weighted by atomic mass is 10.2. The van der Waals surface area contributed by atoms with Crippen LogP contribution in [0, 0.1) is 0 Å². The zero-order valence-corrected chi connectivity index (χ0v) is 15.7. The molecule has 0 aliphatic heterocycles. The third kappa shape index (κ3) is 13.1. The minimum Gasteiger partial charge on any atom is -0.445 e. The van der Waals surface area contributed by atoms with Crippen molar-refractivity contribution >= 4 is 14.3 Å². The highest BCUT2D eigenvalue weighted by molar-refractivity contribution is 7.32. The topological polar surface area (TPSA) is 88.1 Å². The molecule has 1 aromatic rings. The van der Waals surface area contributed by atoms with Gasteiger partial charge in [-0.1, -0.05) is 51.1 Å². The molecule has 24 heavy (non-hydrogen) atoms. The van der Waals surface area contributed by atoms with Crippen LogP contribution < -0.4 is 5.32 Å². The molecule has 1 atom stereocenters. The zero-order chi connectivity index (χ0) is 18.2. The predicted molar refractivity (Wildman–Crippen MR) is 95.3 cm³/mol. The van der Waals surface area contributed by atoms with Gasteiger partial charge in [0, 0.05) is 6.54 Å². The van der Waals surface area contributed by atoms with Crippen LogP contribution in [0.3, 0.4) is 0 Å². The maximum atomic E-state index is 11.1. The molecule has 2 N–H and O–H groups in total. The summed E-state index contributed by atoms with van der Waals surface area (Å²) in [6, 6.07) is 9.26. The lowest BCUT2D eigenvalue weighted by Gasteiger charge is -2.13. The molecule has 0 aliphatic rings. The monoisotopic (exact) mass is 360 g/mol. The third-order valence-electron chi connectivity index (χ3n) is 3.15. The fourth-order valence-electron chi connectivity index (χ4n) is 1.74. The van der Waals surface area contributed by atoms with E-state index in [4.69, 9.17) is 9.63 Å². The molecule has 0 radical (unpaired) electrons. The largest absolute Gasteiger partial charge is 0.445 e. The van der Waals surface area contributed by atoms with Gasteiger partial charge in [0.05, 0.1) is 6.61 Å². The lowest BCUT2D eigenvalue weighted by molar-refractivity contribution is 0.137. The fourth-order valence-corrected chi connectivity index (χ4v) is 2.01. The average molecular weight is 360 g/mol. The number of carbonyl (C=O) groups excluding carboxylic acids is 1. The van der Waals surface area contributed by atoms with E-state index in [0.717, 1.165) is 5.56 Å². The van der Waals surface area contributed by atoms with E-state index >= 15 is 0 Å². The van der Waals surface area contributed by atoms with Gasteiger partial charge in [-0.25, -0.2) is 4.79 Å². The van der Waals surface area contributed by atoms with Crippen LogP contribution in [0.15, 0.2) is 30.3 Å². The summed E-state index contributed by atoms with van der Waals surface area (Å²) < 4.78 is 19.5. The molecule has 1 amide bonds. The van der Waals surface area contributed by atoms with E-state index in [-0.39, 0.29) is 19.8 Å². The number of nitrogens with zero attached hydrogens (tertiary/aromatic N) is 1. The summed E-state index contributed by atoms with van der Waals surface area (Å²) in [7, 11) is -2.93. The van der Waals surface area contributed by atoms with Crippen molar-refractivity contribution in [3.63, 3.8) is 0 Å². The zero-order valence-electron chi connectivity index (χ0n) is 14.7. The molecule has 1 aromatic carbocycles. The van der Waals surface area contributed by atoms with Gasteiger partial charge >= 0.3 is 14.3 Å². The van der Waals surface area contributed by atoms with Crippen molar-refractivity contribution in [2.75, 3.05) is 32.8 Å². The summed E-state index contributed by atoms with van der Waals surface area (Å²) in [5.41, 5.74) is 0.888. The van der Waals surface area contributed by atoms with Crippen molar-refractivity contribution in [3.8, 4) is 0 Å². The highest BCUT2D eigenvalue weighted by atomic mass is 31.1. The number of carbonyl (C=O) groups is 1. The van der Waals surface area contributed by atoms with E-state index in [9.17, 15) is 9.36 Å². The number of hydrogen-bond acceptors (Lipinski definition) is 5. The average Bonchev–Trinajstić information content (AvgIpc) is 2.60. The number of nitrogens with one attached hydrogen (secondary N) is 1. The van der Waals surface area contributed by atoms with Crippen LogP contribution in [0.4, 0.5) is 4.79 Å². The maximum absolute atomic E-state index is 11.1. The van der Waals surface area contributed by atoms with Gasteiger partial charge in [0.2, 0.25) is 0 Å². The van der Waals surface area contributed by atoms with Crippen LogP contribution in [-0.2, 0) is 20.4 Å². The van der Waals surface area contributed by atoms with Crippen LogP contribution >= 0.6 is 8.25 Å². The van der Waals surface area contributed by atoms with E-state index < -0.39 is 14.3 Å². The number of ether oxygens (including phenoxy) is 1. The molecule has 138 valence electrons. The van der Waals surface area contributed by atoms with Crippen molar-refractivity contribution in [1.82, 2.24) is 10.2 Å². The molecule has 1 unspecified atom stereocenters. The molecule has 0 heterocycles. The van der Waals surface area contributed by atoms with Gasteiger partial charge < -0.3 is 24.4 Å². The van der Waals surface area contributed by atoms with Crippen LogP contribution in [0.25, 0.3) is 0 Å². The van der Waals surface area contributed by atoms with Gasteiger partial charge in [-0.3, -0.25) is 4.57 Å². The highest BCUT2D eigenvalue weighted by Crippen LogP contribution is 2.12. The summed E-state index contributed by atoms with van der Waals surface area (Å²) >= 11 is 0. The number of amides is 1. The predicted octanol–water partition coefficient (Wildman–Crippen LogP) is 2.66. The van der Waals surface area contributed by atoms with E-state index in [1.54, 1.807) is 0 Å². The van der Waals surface area contributed by atoms with Gasteiger partial charge in [-0.2, -0.15) is 0 Å². The van der Waals surface area contributed by atoms with Crippen molar-refractivity contribution in [2.24, 2.45) is 0 Å². The third-order valence-corrected chi connectivity index (χ3v) is 3.60. The summed E-state index contributed by atoms with van der Waals surface area (Å²) in [6.45, 7) is 10.4. The van der Waals surface area contributed by atoms with Gasteiger partial charge in [-0.15, -0.1) is 0 Å². The molecule has 0 bridgehead atoms. The number of rotatable bonds is 9. The summed E-state index contributed by atoms with van der Waals surface area (Å²) in [4.78, 5) is 21.9. The second kappa shape index (κ2) is 15.1. The van der Waals surface area contributed by atoms with E-state index in [1.807, 2.05) is 30.3 Å². The Bertz CT molecular complexity index is 450. The Hall–Kier alpha value is -1.40. The molecule has 8 heteroatoms. The molecule has 0 saturated heterocycles. The molecule has 0 aromatic heterocycles. The first kappa shape index (κ1) is 22.6. The Morgan fingerprint density at radius 1 is 1.17 bits per heavy atom. The fraction of sp³-hybridized carbons (Fsp3) is 0.562. The first-order chi connectivity index (χ1) is 11.5. The minimum atomic E-state index is -2.93. The van der Waals surface area contributed by atoms with Crippen molar-refractivity contribution < 1.29 is 23.5 Å². The Balaban J connectivity index is 0.000000640. The second-order valence-electron chi connectivity index (χ2n) is 4.72. The van der Waals surface area contributed by atoms with Crippen LogP contribution in [0.5, 0.6) is 0 Å². The number of hydrogen-bond donors (Lipinski definition) is 2. The van der Waals surface area contributed by atoms with Crippen LogP contribution in [0.1, 0.15) is 26.3 Å². The number of alkyl carbamates (subject to hydrolysis) is 1. The summed E-state index contributed by atoms with van der Waals surface area (Å²) in [6.07, 6.45) is -0.588. The Labute approximate surface area is 144 Å². The minimum absolute atomic E-state index is 0.0191. The van der Waals surface area contributed by atoms with Gasteiger partial charge in [0.25, 0.3) is 0 Å². The number of benzene rings is 1. The van der Waals surface area contributed by atoms with Gasteiger partial charge in [0.1, 0.15) is 6.61 Å². The first-order valence-electron chi connectivity index (χ1n) is 8.06. The molecule has 0 spiro atoms. The van der Waals surface area contributed by atoms with E-state index in [2.05, 4.69) is 35.5 Å². The molecule has 0 aliphatic carbocycles. The van der Waals surface area contributed by atoms with Gasteiger partial charge in [-0.05, 0) is 25.2 Å². The Kier molecular flexibility index (Phi) is 14.3. The van der Waals surface area contributed by atoms with Crippen molar-refractivity contribution in [3.05, 3.63) is 35.9 Å². The molecule has 1 rings (SSSR count). The molecule has 7 nitrogen and oxygen atoms in total. The molecule has 0 fully saturated rings. The normalized spacial score (nSPS) is 11.4. The highest BCUT2D eigenvalue weighted by Gasteiger charge is 2.01. The van der Waals surface area contributed by atoms with Crippen molar-refractivity contribution in [2.45, 2.75) is 27.4 Å². The molecule has 0 saturated carbocycles. The standard InChI is InChI=1S/C10H14NO5P.C6H15N/c12-10(11-6-7-16-17(13)14)15-8-9-4-2-1-3-5-9;1-4-7(5-2)6-3/h1-5,17H,6-8H2,(H,11,12)(H,13,14);4-6H2,1-3H3. The van der Waals surface area contributed by atoms with Crippen LogP contribution in [-0.4, -0.2) is 48.7 Å². The maximum Gasteiger partial charge on any atom is 0.407 e. The van der Waals surface area contributed by atoms with Crippen LogP contribution in [0.2, 0.25) is 0 Å². The van der Waals surface area contributed by atoms with Crippen molar-refractivity contribution in [1.29, 1.82) is 0 Å². The quantitative estimate of drug-likeness (QED) is 0.520. The molecular formula is C16H29N2O5P. The summed E-state index contributed by atoms with van der Waals surface area (Å²) in [5.74, 6) is 0. The summed E-state index contributed by atoms with van der Waals surface area (Å²) in [5, 5.41) is 2.39. The van der Waals surface area contributed by atoms with E-state index in [0.29, 0.717) is 0 Å². The molecular weight excluding hydrogens is 331 g/mol. The lowest BCUT2D eigenvalue weighted by Crippen LogP contribution is -2.27. The van der Waals surface area contributed by atoms with E-state index in [1.165, 1.54) is 19.6 Å². The van der Waals surface area contributed by atoms with Gasteiger partial charge in [0.15, 0.2) is 0 Å².